The van der Waals surface area contributed by atoms with Gasteiger partial charge >= 0.3 is 5.97 Å². The number of aliphatic carboxylic acids is 1. The normalized spacial score (nSPS) is 10.7. The third-order valence-corrected chi connectivity index (χ3v) is 3.62. The summed E-state index contributed by atoms with van der Waals surface area (Å²) in [5.41, 5.74) is 0. The zero-order valence-corrected chi connectivity index (χ0v) is 11.3. The maximum atomic E-state index is 10.5. The van der Waals surface area contributed by atoms with Crippen LogP contribution in [-0.2, 0) is 17.9 Å². The first-order valence-corrected chi connectivity index (χ1v) is 7.06. The molecule has 0 saturated carbocycles. The van der Waals surface area contributed by atoms with E-state index < -0.39 is 5.97 Å². The SMILES string of the molecule is O=C(O)CSc1nccn1CCCCn1ccnc1. The predicted octanol–water partition coefficient (Wildman–Crippen LogP) is 1.74. The van der Waals surface area contributed by atoms with Crippen molar-refractivity contribution in [2.45, 2.75) is 31.1 Å². The highest BCUT2D eigenvalue weighted by atomic mass is 32.2. The first kappa shape index (κ1) is 13.7. The lowest BCUT2D eigenvalue weighted by molar-refractivity contribution is -0.133. The highest BCUT2D eigenvalue weighted by Crippen LogP contribution is 2.16. The van der Waals surface area contributed by atoms with E-state index >= 15 is 0 Å². The molecule has 102 valence electrons. The molecule has 19 heavy (non-hydrogen) atoms. The number of carboxylic acids is 1. The van der Waals surface area contributed by atoms with Crippen LogP contribution in [0.3, 0.4) is 0 Å². The Kier molecular flexibility index (Phi) is 5.02. The number of unbranched alkanes of at least 4 members (excludes halogenated alkanes) is 1. The molecule has 0 saturated heterocycles. The highest BCUT2D eigenvalue weighted by molar-refractivity contribution is 7.99. The number of aryl methyl sites for hydroxylation is 2. The van der Waals surface area contributed by atoms with E-state index in [2.05, 4.69) is 9.97 Å². The second-order valence-electron chi connectivity index (χ2n) is 4.09. The molecule has 2 aromatic heterocycles. The quantitative estimate of drug-likeness (QED) is 0.589. The van der Waals surface area contributed by atoms with Crippen LogP contribution in [0.15, 0.2) is 36.3 Å². The van der Waals surface area contributed by atoms with Gasteiger partial charge in [-0.25, -0.2) is 9.97 Å². The van der Waals surface area contributed by atoms with Gasteiger partial charge in [0.2, 0.25) is 0 Å². The van der Waals surface area contributed by atoms with E-state index in [9.17, 15) is 4.79 Å². The Morgan fingerprint density at radius 3 is 2.84 bits per heavy atom. The average Bonchev–Trinajstić information content (AvgIpc) is 3.03. The van der Waals surface area contributed by atoms with E-state index in [-0.39, 0.29) is 5.75 Å². The first-order valence-electron chi connectivity index (χ1n) is 6.07. The Balaban J connectivity index is 1.73. The van der Waals surface area contributed by atoms with Gasteiger partial charge in [-0.15, -0.1) is 0 Å². The monoisotopic (exact) mass is 280 g/mol. The smallest absolute Gasteiger partial charge is 0.313 e. The Hall–Kier alpha value is -1.76. The van der Waals surface area contributed by atoms with Gasteiger partial charge in [0.25, 0.3) is 0 Å². The second-order valence-corrected chi connectivity index (χ2v) is 5.04. The summed E-state index contributed by atoms with van der Waals surface area (Å²) in [5.74, 6) is -0.772. The molecule has 6 nitrogen and oxygen atoms in total. The zero-order valence-electron chi connectivity index (χ0n) is 10.5. The fourth-order valence-electron chi connectivity index (χ4n) is 1.73. The van der Waals surface area contributed by atoms with Gasteiger partial charge in [-0.05, 0) is 12.8 Å². The highest BCUT2D eigenvalue weighted by Gasteiger charge is 2.06. The number of hydrogen-bond donors (Lipinski definition) is 1. The molecule has 0 aliphatic heterocycles. The Labute approximate surface area is 115 Å². The second kappa shape index (κ2) is 6.98. The summed E-state index contributed by atoms with van der Waals surface area (Å²) in [6.45, 7) is 1.81. The minimum Gasteiger partial charge on any atom is -0.481 e. The molecule has 2 aromatic rings. The molecule has 0 aliphatic carbocycles. The number of rotatable bonds is 8. The number of carbonyl (C=O) groups is 1. The van der Waals surface area contributed by atoms with Gasteiger partial charge in [-0.3, -0.25) is 4.79 Å². The summed E-state index contributed by atoms with van der Waals surface area (Å²) in [6.07, 6.45) is 11.2. The number of aromatic nitrogens is 4. The van der Waals surface area contributed by atoms with Crippen molar-refractivity contribution < 1.29 is 9.90 Å². The molecule has 0 unspecified atom stereocenters. The minimum atomic E-state index is -0.820. The molecule has 0 aromatic carbocycles. The van der Waals surface area contributed by atoms with Crippen LogP contribution in [0.1, 0.15) is 12.8 Å². The van der Waals surface area contributed by atoms with E-state index in [0.717, 1.165) is 31.1 Å². The van der Waals surface area contributed by atoms with Crippen molar-refractivity contribution in [2.75, 3.05) is 5.75 Å². The van der Waals surface area contributed by atoms with Gasteiger partial charge in [0.05, 0.1) is 12.1 Å². The third kappa shape index (κ3) is 4.44. The molecule has 2 rings (SSSR count). The lowest BCUT2D eigenvalue weighted by Gasteiger charge is -2.06. The van der Waals surface area contributed by atoms with Crippen LogP contribution in [0.2, 0.25) is 0 Å². The predicted molar refractivity (Wildman–Crippen MR) is 72.0 cm³/mol. The number of carboxylic acid groups (broad SMARTS) is 1. The maximum Gasteiger partial charge on any atom is 0.313 e. The topological polar surface area (TPSA) is 72.9 Å². The van der Waals surface area contributed by atoms with Crippen LogP contribution in [-0.4, -0.2) is 35.9 Å². The van der Waals surface area contributed by atoms with E-state index in [1.165, 1.54) is 11.8 Å². The molecule has 0 fully saturated rings. The third-order valence-electron chi connectivity index (χ3n) is 2.63. The molecule has 7 heteroatoms. The fourth-order valence-corrected chi connectivity index (χ4v) is 2.43. The lowest BCUT2D eigenvalue weighted by Crippen LogP contribution is -2.04. The van der Waals surface area contributed by atoms with Crippen molar-refractivity contribution in [3.63, 3.8) is 0 Å². The van der Waals surface area contributed by atoms with Crippen molar-refractivity contribution >= 4 is 17.7 Å². The van der Waals surface area contributed by atoms with Crippen LogP contribution in [0.25, 0.3) is 0 Å². The Bertz CT molecular complexity index is 510. The van der Waals surface area contributed by atoms with Gasteiger partial charge in [-0.2, -0.15) is 0 Å². The van der Waals surface area contributed by atoms with Gasteiger partial charge < -0.3 is 14.2 Å². The average molecular weight is 280 g/mol. The zero-order chi connectivity index (χ0) is 13.5. The number of hydrogen-bond acceptors (Lipinski definition) is 4. The lowest BCUT2D eigenvalue weighted by atomic mass is 10.3. The van der Waals surface area contributed by atoms with Crippen molar-refractivity contribution in [3.05, 3.63) is 31.1 Å². The molecule has 0 aliphatic rings. The Morgan fingerprint density at radius 1 is 1.26 bits per heavy atom. The van der Waals surface area contributed by atoms with Gasteiger partial charge in [-0.1, -0.05) is 11.8 Å². The number of imidazole rings is 2. The largest absolute Gasteiger partial charge is 0.481 e. The van der Waals surface area contributed by atoms with Crippen LogP contribution in [0.4, 0.5) is 0 Å². The molecule has 0 radical (unpaired) electrons. The van der Waals surface area contributed by atoms with Crippen LogP contribution >= 0.6 is 11.8 Å². The van der Waals surface area contributed by atoms with Crippen molar-refractivity contribution in [1.82, 2.24) is 19.1 Å². The summed E-state index contributed by atoms with van der Waals surface area (Å²) >= 11 is 1.25. The number of nitrogens with zero attached hydrogens (tertiary/aromatic N) is 4. The molecule has 0 spiro atoms. The summed E-state index contributed by atoms with van der Waals surface area (Å²) in [7, 11) is 0. The molecule has 1 N–H and O–H groups in total. The standard InChI is InChI=1S/C12H16N4O2S/c17-11(18)9-19-12-14-4-8-16(12)6-2-1-5-15-7-3-13-10-15/h3-4,7-8,10H,1-2,5-6,9H2,(H,17,18). The summed E-state index contributed by atoms with van der Waals surface area (Å²) in [5, 5.41) is 9.42. The molecule has 0 amide bonds. The number of thioether (sulfide) groups is 1. The molecule has 0 bridgehead atoms. The maximum absolute atomic E-state index is 10.5. The Morgan fingerprint density at radius 2 is 2.11 bits per heavy atom. The van der Waals surface area contributed by atoms with Gasteiger partial charge in [0, 0.05) is 37.9 Å². The van der Waals surface area contributed by atoms with E-state index in [1.807, 2.05) is 27.9 Å². The van der Waals surface area contributed by atoms with Crippen molar-refractivity contribution in [1.29, 1.82) is 0 Å². The van der Waals surface area contributed by atoms with Crippen molar-refractivity contribution in [3.8, 4) is 0 Å². The molecular formula is C12H16N4O2S. The fraction of sp³-hybridized carbons (Fsp3) is 0.417. The minimum absolute atomic E-state index is 0.0477. The molecule has 2 heterocycles. The summed E-state index contributed by atoms with van der Waals surface area (Å²) in [6, 6.07) is 0. The van der Waals surface area contributed by atoms with Crippen molar-refractivity contribution in [2.24, 2.45) is 0 Å². The first-order chi connectivity index (χ1) is 9.25. The van der Waals surface area contributed by atoms with Gasteiger partial charge in [0.15, 0.2) is 5.16 Å². The van der Waals surface area contributed by atoms with Crippen LogP contribution < -0.4 is 0 Å². The molecule has 0 atom stereocenters. The van der Waals surface area contributed by atoms with Crippen LogP contribution in [0, 0.1) is 0 Å². The summed E-state index contributed by atoms with van der Waals surface area (Å²) < 4.78 is 4.05. The van der Waals surface area contributed by atoms with E-state index in [0.29, 0.717) is 0 Å². The van der Waals surface area contributed by atoms with Crippen LogP contribution in [0.5, 0.6) is 0 Å². The summed E-state index contributed by atoms with van der Waals surface area (Å²) in [4.78, 5) is 18.7. The van der Waals surface area contributed by atoms with E-state index in [4.69, 9.17) is 5.11 Å². The molecular weight excluding hydrogens is 264 g/mol. The van der Waals surface area contributed by atoms with Gasteiger partial charge in [0.1, 0.15) is 0 Å². The van der Waals surface area contributed by atoms with E-state index in [1.54, 1.807) is 12.4 Å².